The zero-order valence-electron chi connectivity index (χ0n) is 12.6. The van der Waals surface area contributed by atoms with E-state index in [0.717, 1.165) is 16.3 Å². The lowest BCUT2D eigenvalue weighted by molar-refractivity contribution is -0.142. The largest absolute Gasteiger partial charge is 0.433 e. The normalized spacial score (nSPS) is 12.3. The van der Waals surface area contributed by atoms with Gasteiger partial charge in [-0.1, -0.05) is 11.6 Å². The maximum atomic E-state index is 13.4. The summed E-state index contributed by atoms with van der Waals surface area (Å²) in [4.78, 5) is 4.26. The van der Waals surface area contributed by atoms with Crippen molar-refractivity contribution in [1.29, 1.82) is 0 Å². The average Bonchev–Trinajstić information content (AvgIpc) is 2.98. The van der Waals surface area contributed by atoms with Crippen LogP contribution < -0.4 is 0 Å². The van der Waals surface area contributed by atoms with Crippen LogP contribution in [0, 0.1) is 13.8 Å². The number of hydrogen-bond donors (Lipinski definition) is 0. The molecule has 23 heavy (non-hydrogen) atoms. The maximum Gasteiger partial charge on any atom is 0.433 e. The van der Waals surface area contributed by atoms with Gasteiger partial charge in [-0.3, -0.25) is 4.68 Å². The summed E-state index contributed by atoms with van der Waals surface area (Å²) in [6.45, 7) is 5.84. The van der Waals surface area contributed by atoms with Gasteiger partial charge in [0.05, 0.1) is 17.6 Å². The summed E-state index contributed by atoms with van der Waals surface area (Å²) in [6.07, 6.45) is -3.07. The van der Waals surface area contributed by atoms with Gasteiger partial charge in [0.15, 0.2) is 11.3 Å². The summed E-state index contributed by atoms with van der Waals surface area (Å²) in [5.74, 6) is 0. The Morgan fingerprint density at radius 3 is 2.52 bits per heavy atom. The quantitative estimate of drug-likeness (QED) is 0.709. The fourth-order valence-electron chi connectivity index (χ4n) is 2.45. The summed E-state index contributed by atoms with van der Waals surface area (Å²) >= 11 is 6.06. The fraction of sp³-hybridized carbons (Fsp3) is 0.357. The third kappa shape index (κ3) is 2.46. The van der Waals surface area contributed by atoms with E-state index >= 15 is 0 Å². The van der Waals surface area contributed by atoms with Crippen molar-refractivity contribution < 1.29 is 13.2 Å². The van der Waals surface area contributed by atoms with Crippen molar-refractivity contribution in [3.05, 3.63) is 34.4 Å². The Kier molecular flexibility index (Phi) is 3.59. The van der Waals surface area contributed by atoms with Crippen molar-refractivity contribution >= 4 is 17.2 Å². The molecule has 122 valence electrons. The van der Waals surface area contributed by atoms with Gasteiger partial charge in [0, 0.05) is 17.8 Å². The van der Waals surface area contributed by atoms with E-state index in [1.54, 1.807) is 11.6 Å². The second-order valence-electron chi connectivity index (χ2n) is 5.12. The van der Waals surface area contributed by atoms with Gasteiger partial charge in [-0.15, -0.1) is 0 Å². The summed E-state index contributed by atoms with van der Waals surface area (Å²) in [5.41, 5.74) is 0.806. The summed E-state index contributed by atoms with van der Waals surface area (Å²) in [6, 6.07) is 0.972. The van der Waals surface area contributed by atoms with E-state index < -0.39 is 11.9 Å². The molecule has 0 fully saturated rings. The van der Waals surface area contributed by atoms with E-state index in [1.165, 1.54) is 13.1 Å². The van der Waals surface area contributed by atoms with E-state index in [4.69, 9.17) is 11.6 Å². The Hall–Kier alpha value is -2.09. The molecule has 0 aliphatic heterocycles. The number of halogens is 4. The van der Waals surface area contributed by atoms with Crippen LogP contribution in [0.2, 0.25) is 5.02 Å². The topological polar surface area (TPSA) is 48.0 Å². The molecule has 0 spiro atoms. The Balaban J connectivity index is 2.34. The molecule has 0 bridgehead atoms. The Morgan fingerprint density at radius 1 is 1.26 bits per heavy atom. The monoisotopic (exact) mass is 343 g/mol. The van der Waals surface area contributed by atoms with Gasteiger partial charge in [-0.2, -0.15) is 23.4 Å². The minimum Gasteiger partial charge on any atom is -0.269 e. The van der Waals surface area contributed by atoms with E-state index in [1.807, 2.05) is 6.92 Å². The smallest absolute Gasteiger partial charge is 0.269 e. The van der Waals surface area contributed by atoms with Crippen LogP contribution in [0.4, 0.5) is 13.2 Å². The van der Waals surface area contributed by atoms with Gasteiger partial charge in [0.25, 0.3) is 0 Å². The minimum atomic E-state index is -4.58. The highest BCUT2D eigenvalue weighted by atomic mass is 35.5. The standard InChI is InChI=1S/C14H13ClF3N5/c1-4-22-8(3)9(6-19-22)10-5-11(14(16,17)18)23-13(20-10)12(15)7(2)21-23/h5-6H,4H2,1-3H3. The first-order chi connectivity index (χ1) is 10.7. The Morgan fingerprint density at radius 2 is 1.96 bits per heavy atom. The van der Waals surface area contributed by atoms with Crippen LogP contribution in [0.3, 0.4) is 0 Å². The third-order valence-corrected chi connectivity index (χ3v) is 4.10. The highest BCUT2D eigenvalue weighted by Gasteiger charge is 2.36. The molecule has 0 unspecified atom stereocenters. The van der Waals surface area contributed by atoms with Crippen molar-refractivity contribution in [2.45, 2.75) is 33.5 Å². The highest BCUT2D eigenvalue weighted by molar-refractivity contribution is 6.34. The van der Waals surface area contributed by atoms with Crippen LogP contribution in [-0.2, 0) is 12.7 Å². The maximum absolute atomic E-state index is 13.4. The lowest BCUT2D eigenvalue weighted by Gasteiger charge is -2.11. The SMILES string of the molecule is CCn1ncc(-c2cc(C(F)(F)F)n3nc(C)c(Cl)c3n2)c1C. The molecule has 5 nitrogen and oxygen atoms in total. The van der Waals surface area contributed by atoms with Crippen LogP contribution in [-0.4, -0.2) is 24.4 Å². The van der Waals surface area contributed by atoms with Crippen LogP contribution in [0.5, 0.6) is 0 Å². The first-order valence-corrected chi connectivity index (χ1v) is 7.27. The zero-order chi connectivity index (χ0) is 16.9. The van der Waals surface area contributed by atoms with Gasteiger partial charge >= 0.3 is 6.18 Å². The van der Waals surface area contributed by atoms with E-state index in [9.17, 15) is 13.2 Å². The van der Waals surface area contributed by atoms with Crippen molar-refractivity contribution in [2.75, 3.05) is 0 Å². The number of alkyl halides is 3. The third-order valence-electron chi connectivity index (χ3n) is 3.66. The Bertz CT molecular complexity index is 894. The van der Waals surface area contributed by atoms with Gasteiger partial charge in [0.1, 0.15) is 5.02 Å². The molecule has 9 heteroatoms. The summed E-state index contributed by atoms with van der Waals surface area (Å²) in [7, 11) is 0. The lowest BCUT2D eigenvalue weighted by atomic mass is 10.1. The first kappa shape index (κ1) is 15.8. The lowest BCUT2D eigenvalue weighted by Crippen LogP contribution is -2.14. The zero-order valence-corrected chi connectivity index (χ0v) is 13.4. The van der Waals surface area contributed by atoms with Crippen molar-refractivity contribution in [2.24, 2.45) is 0 Å². The van der Waals surface area contributed by atoms with E-state index in [2.05, 4.69) is 15.2 Å². The molecule has 0 aliphatic rings. The first-order valence-electron chi connectivity index (χ1n) is 6.90. The molecule has 3 aromatic heterocycles. The number of aromatic nitrogens is 5. The summed E-state index contributed by atoms with van der Waals surface area (Å²) in [5, 5.41) is 8.10. The van der Waals surface area contributed by atoms with Gasteiger partial charge < -0.3 is 0 Å². The molecule has 0 saturated carbocycles. The predicted molar refractivity (Wildman–Crippen MR) is 79.4 cm³/mol. The molecule has 0 N–H and O–H groups in total. The van der Waals surface area contributed by atoms with Crippen molar-refractivity contribution in [3.63, 3.8) is 0 Å². The molecule has 0 amide bonds. The Labute approximate surface area is 134 Å². The molecule has 0 radical (unpaired) electrons. The molecule has 0 atom stereocenters. The van der Waals surface area contributed by atoms with Gasteiger partial charge in [-0.05, 0) is 26.8 Å². The molecular formula is C14H13ClF3N5. The highest BCUT2D eigenvalue weighted by Crippen LogP contribution is 2.34. The predicted octanol–water partition coefficient (Wildman–Crippen LogP) is 3.90. The summed E-state index contributed by atoms with van der Waals surface area (Å²) < 4.78 is 42.6. The second-order valence-corrected chi connectivity index (χ2v) is 5.50. The number of rotatable bonds is 2. The number of hydrogen-bond acceptors (Lipinski definition) is 3. The number of nitrogens with zero attached hydrogens (tertiary/aromatic N) is 5. The molecule has 3 rings (SSSR count). The number of aryl methyl sites for hydroxylation is 2. The average molecular weight is 344 g/mol. The van der Waals surface area contributed by atoms with Crippen LogP contribution in [0.1, 0.15) is 24.0 Å². The van der Waals surface area contributed by atoms with E-state index in [0.29, 0.717) is 17.8 Å². The molecular weight excluding hydrogens is 331 g/mol. The van der Waals surface area contributed by atoms with Gasteiger partial charge in [-0.25, -0.2) is 9.50 Å². The van der Waals surface area contributed by atoms with Crippen LogP contribution >= 0.6 is 11.6 Å². The second kappa shape index (κ2) is 5.23. The molecule has 0 aromatic carbocycles. The molecule has 3 heterocycles. The molecule has 3 aromatic rings. The van der Waals surface area contributed by atoms with Gasteiger partial charge in [0.2, 0.25) is 0 Å². The van der Waals surface area contributed by atoms with Crippen molar-refractivity contribution in [3.8, 4) is 11.3 Å². The minimum absolute atomic E-state index is 0.0161. The number of fused-ring (bicyclic) bond motifs is 1. The van der Waals surface area contributed by atoms with Crippen LogP contribution in [0.25, 0.3) is 16.9 Å². The molecule has 0 saturated heterocycles. The molecule has 0 aliphatic carbocycles. The van der Waals surface area contributed by atoms with E-state index in [-0.39, 0.29) is 16.4 Å². The van der Waals surface area contributed by atoms with Crippen LogP contribution in [0.15, 0.2) is 12.3 Å². The fourth-order valence-corrected chi connectivity index (χ4v) is 2.61. The van der Waals surface area contributed by atoms with Crippen molar-refractivity contribution in [1.82, 2.24) is 24.4 Å².